The highest BCUT2D eigenvalue weighted by atomic mass is 32.2. The number of nitrogens with zero attached hydrogens (tertiary/aromatic N) is 1. The third kappa shape index (κ3) is 6.92. The predicted octanol–water partition coefficient (Wildman–Crippen LogP) is 3.28. The van der Waals surface area contributed by atoms with E-state index in [1.54, 1.807) is 36.4 Å². The molecule has 214 valence electrons. The number of benzene rings is 3. The fourth-order valence-corrected chi connectivity index (χ4v) is 7.05. The highest BCUT2D eigenvalue weighted by molar-refractivity contribution is 7.92. The van der Waals surface area contributed by atoms with Gasteiger partial charge in [-0.05, 0) is 47.7 Å². The predicted molar refractivity (Wildman–Crippen MR) is 142 cm³/mol. The van der Waals surface area contributed by atoms with Gasteiger partial charge in [0.15, 0.2) is 0 Å². The van der Waals surface area contributed by atoms with Gasteiger partial charge in [0.05, 0.1) is 17.0 Å². The van der Waals surface area contributed by atoms with Crippen molar-refractivity contribution in [1.82, 2.24) is 9.44 Å². The normalized spacial score (nSPS) is 16.1. The Morgan fingerprint density at radius 3 is 2.33 bits per heavy atom. The van der Waals surface area contributed by atoms with Crippen LogP contribution in [-0.2, 0) is 37.6 Å². The standard InChI is InChI=1S/C26H26F3N3O6S2/c27-26(28,29)22-11-5-4-10-20(22)21(19-8-2-1-3-9-19)17-39(35,36)30-14-6-7-18-12-13-23(24(33)15-18)32-16-25(34)31-40(32,37)38/h1-5,8-13,15,21,30,33H,6-7,14,16-17H2,(H,31,34). The highest BCUT2D eigenvalue weighted by Crippen LogP contribution is 2.38. The van der Waals surface area contributed by atoms with Crippen LogP contribution in [0.4, 0.5) is 18.9 Å². The lowest BCUT2D eigenvalue weighted by molar-refractivity contribution is -0.138. The van der Waals surface area contributed by atoms with E-state index in [9.17, 15) is 39.9 Å². The Bertz CT molecular complexity index is 1600. The lowest BCUT2D eigenvalue weighted by Crippen LogP contribution is -2.31. The van der Waals surface area contributed by atoms with Gasteiger partial charge in [-0.3, -0.25) is 4.79 Å². The molecule has 0 aromatic heterocycles. The third-order valence-electron chi connectivity index (χ3n) is 6.32. The quantitative estimate of drug-likeness (QED) is 0.308. The van der Waals surface area contributed by atoms with Gasteiger partial charge in [-0.25, -0.2) is 22.2 Å². The van der Waals surface area contributed by atoms with Crippen molar-refractivity contribution in [2.24, 2.45) is 0 Å². The van der Waals surface area contributed by atoms with Gasteiger partial charge in [-0.15, -0.1) is 0 Å². The molecule has 3 aromatic rings. The Kier molecular flexibility index (Phi) is 8.42. The zero-order valence-electron chi connectivity index (χ0n) is 20.9. The minimum atomic E-state index is -4.66. The summed E-state index contributed by atoms with van der Waals surface area (Å²) in [4.78, 5) is 11.4. The Balaban J connectivity index is 1.42. The Labute approximate surface area is 229 Å². The fraction of sp³-hybridized carbons (Fsp3) is 0.269. The molecular weight excluding hydrogens is 571 g/mol. The van der Waals surface area contributed by atoms with E-state index in [0.717, 1.165) is 10.4 Å². The summed E-state index contributed by atoms with van der Waals surface area (Å²) in [6.07, 6.45) is -4.07. The minimum absolute atomic E-state index is 0.0216. The second-order valence-corrected chi connectivity index (χ2v) is 12.6. The first kappa shape index (κ1) is 29.4. The lowest BCUT2D eigenvalue weighted by atomic mass is 9.89. The fourth-order valence-electron chi connectivity index (χ4n) is 4.51. The van der Waals surface area contributed by atoms with Crippen LogP contribution in [-0.4, -0.2) is 46.7 Å². The second-order valence-electron chi connectivity index (χ2n) is 9.19. The van der Waals surface area contributed by atoms with E-state index in [1.807, 2.05) is 4.72 Å². The van der Waals surface area contributed by atoms with Crippen molar-refractivity contribution in [2.75, 3.05) is 23.1 Å². The van der Waals surface area contributed by atoms with Gasteiger partial charge < -0.3 is 5.11 Å². The van der Waals surface area contributed by atoms with Crippen LogP contribution in [0, 0.1) is 0 Å². The van der Waals surface area contributed by atoms with Gasteiger partial charge in [-0.2, -0.15) is 21.6 Å². The number of amides is 1. The number of aryl methyl sites for hydroxylation is 1. The van der Waals surface area contributed by atoms with Gasteiger partial charge in [-0.1, -0.05) is 54.6 Å². The van der Waals surface area contributed by atoms with Gasteiger partial charge in [0.25, 0.3) is 5.91 Å². The Hall–Kier alpha value is -3.62. The first-order valence-electron chi connectivity index (χ1n) is 12.1. The van der Waals surface area contributed by atoms with Crippen molar-refractivity contribution < 1.29 is 39.9 Å². The number of alkyl halides is 3. The molecule has 1 aliphatic rings. The first-order valence-corrected chi connectivity index (χ1v) is 15.2. The van der Waals surface area contributed by atoms with Crippen LogP contribution in [0.2, 0.25) is 0 Å². The van der Waals surface area contributed by atoms with Crippen LogP contribution in [0.3, 0.4) is 0 Å². The maximum absolute atomic E-state index is 13.7. The maximum atomic E-state index is 13.7. The van der Waals surface area contributed by atoms with E-state index < -0.39 is 56.1 Å². The molecule has 14 heteroatoms. The Morgan fingerprint density at radius 2 is 1.70 bits per heavy atom. The molecule has 3 N–H and O–H groups in total. The largest absolute Gasteiger partial charge is 0.506 e. The van der Waals surface area contributed by atoms with Gasteiger partial charge >= 0.3 is 16.4 Å². The lowest BCUT2D eigenvalue weighted by Gasteiger charge is -2.22. The van der Waals surface area contributed by atoms with Crippen LogP contribution in [0.25, 0.3) is 0 Å². The molecule has 1 atom stereocenters. The van der Waals surface area contributed by atoms with Crippen LogP contribution in [0.5, 0.6) is 5.75 Å². The topological polar surface area (TPSA) is 133 Å². The molecule has 0 spiro atoms. The average molecular weight is 598 g/mol. The molecule has 0 saturated carbocycles. The molecule has 4 rings (SSSR count). The van der Waals surface area contributed by atoms with Crippen molar-refractivity contribution in [3.8, 4) is 5.75 Å². The van der Waals surface area contributed by atoms with Crippen LogP contribution in [0.15, 0.2) is 72.8 Å². The summed E-state index contributed by atoms with van der Waals surface area (Å²) < 4.78 is 96.1. The van der Waals surface area contributed by atoms with Gasteiger partial charge in [0.1, 0.15) is 12.3 Å². The number of hydrogen-bond donors (Lipinski definition) is 3. The zero-order valence-corrected chi connectivity index (χ0v) is 22.6. The zero-order chi connectivity index (χ0) is 29.1. The van der Waals surface area contributed by atoms with Crippen molar-refractivity contribution in [1.29, 1.82) is 0 Å². The monoisotopic (exact) mass is 597 g/mol. The average Bonchev–Trinajstić information content (AvgIpc) is 3.16. The number of carbonyl (C=O) groups is 1. The minimum Gasteiger partial charge on any atom is -0.506 e. The van der Waals surface area contributed by atoms with Crippen LogP contribution >= 0.6 is 0 Å². The molecule has 3 aromatic carbocycles. The molecule has 1 fully saturated rings. The molecule has 1 aliphatic heterocycles. The van der Waals surface area contributed by atoms with Crippen LogP contribution in [0.1, 0.15) is 34.6 Å². The summed E-state index contributed by atoms with van der Waals surface area (Å²) in [5.41, 5.74) is -0.105. The molecule has 40 heavy (non-hydrogen) atoms. The van der Waals surface area contributed by atoms with Crippen LogP contribution < -0.4 is 13.7 Å². The Morgan fingerprint density at radius 1 is 1.02 bits per heavy atom. The summed E-state index contributed by atoms with van der Waals surface area (Å²) in [5.74, 6) is -2.76. The van der Waals surface area contributed by atoms with E-state index in [-0.39, 0.29) is 30.0 Å². The molecule has 0 radical (unpaired) electrons. The smallest absolute Gasteiger partial charge is 0.416 e. The summed E-state index contributed by atoms with van der Waals surface area (Å²) in [5, 5.41) is 10.3. The number of halogens is 3. The molecule has 0 bridgehead atoms. The SMILES string of the molecule is O=C1CN(c2ccc(CCCNS(=O)(=O)CC(c3ccccc3)c3ccccc3C(F)(F)F)cc2O)S(=O)(=O)N1. The number of nitrogens with one attached hydrogen (secondary N) is 2. The molecule has 1 amide bonds. The third-order valence-corrected chi connectivity index (χ3v) is 9.13. The number of phenols is 1. The number of rotatable bonds is 10. The van der Waals surface area contributed by atoms with Crippen molar-refractivity contribution in [2.45, 2.75) is 24.9 Å². The summed E-state index contributed by atoms with van der Waals surface area (Å²) in [7, 11) is -8.11. The molecule has 1 unspecified atom stereocenters. The number of phenolic OH excluding ortho intramolecular Hbond substituents is 1. The van der Waals surface area contributed by atoms with E-state index in [2.05, 4.69) is 4.72 Å². The summed E-state index contributed by atoms with van der Waals surface area (Å²) >= 11 is 0. The number of aromatic hydroxyl groups is 1. The van der Waals surface area contributed by atoms with E-state index in [1.165, 1.54) is 30.3 Å². The number of carbonyl (C=O) groups excluding carboxylic acids is 1. The molecule has 1 heterocycles. The first-order chi connectivity index (χ1) is 18.8. The molecular formula is C26H26F3N3O6S2. The van der Waals surface area contributed by atoms with Crippen molar-refractivity contribution in [3.63, 3.8) is 0 Å². The number of hydrogen-bond acceptors (Lipinski definition) is 6. The van der Waals surface area contributed by atoms with E-state index in [4.69, 9.17) is 0 Å². The maximum Gasteiger partial charge on any atom is 0.416 e. The molecule has 9 nitrogen and oxygen atoms in total. The summed E-state index contributed by atoms with van der Waals surface area (Å²) in [6.45, 7) is -0.485. The van der Waals surface area contributed by atoms with Gasteiger partial charge in [0.2, 0.25) is 10.0 Å². The summed E-state index contributed by atoms with van der Waals surface area (Å²) in [6, 6.07) is 17.2. The van der Waals surface area contributed by atoms with E-state index in [0.29, 0.717) is 17.5 Å². The van der Waals surface area contributed by atoms with Gasteiger partial charge in [0, 0.05) is 12.5 Å². The van der Waals surface area contributed by atoms with E-state index >= 15 is 0 Å². The number of sulfonamides is 1. The molecule has 1 saturated heterocycles. The van der Waals surface area contributed by atoms with Crippen molar-refractivity contribution >= 4 is 31.8 Å². The van der Waals surface area contributed by atoms with Crippen molar-refractivity contribution in [3.05, 3.63) is 95.1 Å². The molecule has 0 aliphatic carbocycles. The highest BCUT2D eigenvalue weighted by Gasteiger charge is 2.37. The second kappa shape index (κ2) is 11.5. The number of anilines is 1.